The summed E-state index contributed by atoms with van der Waals surface area (Å²) in [7, 11) is 0. The van der Waals surface area contributed by atoms with E-state index in [1.54, 1.807) is 0 Å². The lowest BCUT2D eigenvalue weighted by atomic mass is 9.96. The lowest BCUT2D eigenvalue weighted by molar-refractivity contribution is -0.132. The first-order valence-corrected chi connectivity index (χ1v) is 3.53. The number of carbonyl (C=O) groups excluding carboxylic acids is 2. The van der Waals surface area contributed by atoms with Gasteiger partial charge in [0.05, 0.1) is 0 Å². The summed E-state index contributed by atoms with van der Waals surface area (Å²) in [5.74, 6) is -1.83. The van der Waals surface area contributed by atoms with E-state index in [1.165, 1.54) is 0 Å². The van der Waals surface area contributed by atoms with Gasteiger partial charge in [-0.05, 0) is 12.3 Å². The predicted octanol–water partition coefficient (Wildman–Crippen LogP) is -0.381. The molecule has 4 heteroatoms. The molecule has 0 atom stereocenters. The van der Waals surface area contributed by atoms with Gasteiger partial charge in [-0.2, -0.15) is 0 Å². The molecule has 0 spiro atoms. The topological polar surface area (TPSA) is 86.2 Å². The molecule has 0 radical (unpaired) electrons. The molecule has 4 nitrogen and oxygen atoms in total. The van der Waals surface area contributed by atoms with Gasteiger partial charge in [0.25, 0.3) is 0 Å². The number of rotatable bonds is 4. The zero-order chi connectivity index (χ0) is 9.02. The molecule has 0 bridgehead atoms. The Morgan fingerprint density at radius 3 is 1.64 bits per heavy atom. The van der Waals surface area contributed by atoms with Crippen molar-refractivity contribution in [2.24, 2.45) is 23.3 Å². The summed E-state index contributed by atoms with van der Waals surface area (Å²) in [5, 5.41) is 0. The second kappa shape index (κ2) is 3.95. The minimum atomic E-state index is -0.810. The molecule has 4 N–H and O–H groups in total. The van der Waals surface area contributed by atoms with E-state index in [4.69, 9.17) is 11.5 Å². The van der Waals surface area contributed by atoms with Crippen molar-refractivity contribution in [2.75, 3.05) is 0 Å². The lowest BCUT2D eigenvalue weighted by Crippen LogP contribution is -2.35. The first-order valence-electron chi connectivity index (χ1n) is 3.53. The highest BCUT2D eigenvalue weighted by atomic mass is 16.2. The van der Waals surface area contributed by atoms with Gasteiger partial charge in [-0.15, -0.1) is 0 Å². The fraction of sp³-hybridized carbons (Fsp3) is 0.714. The zero-order valence-corrected chi connectivity index (χ0v) is 6.83. The molecular formula is C7H14N2O2. The molecule has 0 rings (SSSR count). The van der Waals surface area contributed by atoms with Crippen LogP contribution in [0.2, 0.25) is 0 Å². The summed E-state index contributed by atoms with van der Waals surface area (Å²) in [4.78, 5) is 21.2. The maximum atomic E-state index is 10.6. The molecule has 0 heterocycles. The van der Waals surface area contributed by atoms with Crippen molar-refractivity contribution >= 4 is 11.8 Å². The van der Waals surface area contributed by atoms with Crippen molar-refractivity contribution < 1.29 is 9.59 Å². The zero-order valence-electron chi connectivity index (χ0n) is 6.83. The van der Waals surface area contributed by atoms with E-state index in [2.05, 4.69) is 0 Å². The monoisotopic (exact) mass is 158 g/mol. The highest BCUT2D eigenvalue weighted by molar-refractivity contribution is 5.98. The summed E-state index contributed by atoms with van der Waals surface area (Å²) < 4.78 is 0. The van der Waals surface area contributed by atoms with Gasteiger partial charge in [0.1, 0.15) is 5.92 Å². The second-order valence-electron chi connectivity index (χ2n) is 2.99. The number of carbonyl (C=O) groups is 2. The molecule has 0 fully saturated rings. The van der Waals surface area contributed by atoms with Crippen LogP contribution in [0.15, 0.2) is 0 Å². The first kappa shape index (κ1) is 9.94. The lowest BCUT2D eigenvalue weighted by Gasteiger charge is -2.10. The Morgan fingerprint density at radius 2 is 1.55 bits per heavy atom. The number of nitrogens with two attached hydrogens (primary N) is 2. The highest BCUT2D eigenvalue weighted by Gasteiger charge is 2.22. The summed E-state index contributed by atoms with van der Waals surface area (Å²) >= 11 is 0. The Balaban J connectivity index is 4.12. The van der Waals surface area contributed by atoms with Gasteiger partial charge in [-0.25, -0.2) is 0 Å². The van der Waals surface area contributed by atoms with Gasteiger partial charge in [0.15, 0.2) is 0 Å². The average Bonchev–Trinajstić information content (AvgIpc) is 1.81. The Labute approximate surface area is 65.9 Å². The predicted molar refractivity (Wildman–Crippen MR) is 41.3 cm³/mol. The van der Waals surface area contributed by atoms with E-state index in [1.807, 2.05) is 13.8 Å². The number of amides is 2. The largest absolute Gasteiger partial charge is 0.369 e. The van der Waals surface area contributed by atoms with E-state index in [-0.39, 0.29) is 5.92 Å². The van der Waals surface area contributed by atoms with Crippen LogP contribution in [-0.2, 0) is 9.59 Å². The van der Waals surface area contributed by atoms with E-state index in [0.717, 1.165) is 0 Å². The Kier molecular flexibility index (Phi) is 3.57. The van der Waals surface area contributed by atoms with Gasteiger partial charge in [0, 0.05) is 0 Å². The fourth-order valence-electron chi connectivity index (χ4n) is 0.844. The third-order valence-electron chi connectivity index (χ3n) is 1.39. The molecule has 0 aliphatic heterocycles. The smallest absolute Gasteiger partial charge is 0.229 e. The van der Waals surface area contributed by atoms with Crippen molar-refractivity contribution in [3.05, 3.63) is 0 Å². The number of hydrogen-bond acceptors (Lipinski definition) is 2. The summed E-state index contributed by atoms with van der Waals surface area (Å²) in [5.41, 5.74) is 9.89. The molecule has 0 aromatic heterocycles. The third kappa shape index (κ3) is 3.60. The quantitative estimate of drug-likeness (QED) is 0.546. The second-order valence-corrected chi connectivity index (χ2v) is 2.99. The minimum absolute atomic E-state index is 0.250. The molecule has 0 saturated heterocycles. The molecule has 0 aromatic rings. The van der Waals surface area contributed by atoms with Gasteiger partial charge in [-0.1, -0.05) is 13.8 Å². The van der Waals surface area contributed by atoms with Gasteiger partial charge < -0.3 is 11.5 Å². The van der Waals surface area contributed by atoms with Crippen LogP contribution in [0.5, 0.6) is 0 Å². The van der Waals surface area contributed by atoms with Crippen molar-refractivity contribution in [2.45, 2.75) is 20.3 Å². The Bertz CT molecular complexity index is 152. The number of hydrogen-bond donors (Lipinski definition) is 2. The molecular weight excluding hydrogens is 144 g/mol. The van der Waals surface area contributed by atoms with Crippen LogP contribution < -0.4 is 11.5 Å². The highest BCUT2D eigenvalue weighted by Crippen LogP contribution is 2.10. The first-order chi connectivity index (χ1) is 4.95. The van der Waals surface area contributed by atoms with Crippen molar-refractivity contribution in [3.63, 3.8) is 0 Å². The van der Waals surface area contributed by atoms with Gasteiger partial charge in [0.2, 0.25) is 11.8 Å². The standard InChI is InChI=1S/C7H14N2O2/c1-4(2)3-5(6(8)10)7(9)11/h4-5H,3H2,1-2H3,(H2,8,10)(H2,9,11). The van der Waals surface area contributed by atoms with Crippen LogP contribution in [0.1, 0.15) is 20.3 Å². The minimum Gasteiger partial charge on any atom is -0.369 e. The third-order valence-corrected chi connectivity index (χ3v) is 1.39. The van der Waals surface area contributed by atoms with Crippen molar-refractivity contribution in [1.29, 1.82) is 0 Å². The maximum absolute atomic E-state index is 10.6. The van der Waals surface area contributed by atoms with Crippen LogP contribution in [0.4, 0.5) is 0 Å². The molecule has 0 aliphatic carbocycles. The maximum Gasteiger partial charge on any atom is 0.229 e. The van der Waals surface area contributed by atoms with E-state index in [0.29, 0.717) is 6.42 Å². The van der Waals surface area contributed by atoms with Gasteiger partial charge >= 0.3 is 0 Å². The summed E-state index contributed by atoms with van der Waals surface area (Å²) in [6, 6.07) is 0. The Morgan fingerprint density at radius 1 is 1.18 bits per heavy atom. The van der Waals surface area contributed by atoms with Crippen LogP contribution in [0.25, 0.3) is 0 Å². The van der Waals surface area contributed by atoms with Gasteiger partial charge in [-0.3, -0.25) is 9.59 Å². The van der Waals surface area contributed by atoms with Crippen molar-refractivity contribution in [1.82, 2.24) is 0 Å². The molecule has 0 unspecified atom stereocenters. The van der Waals surface area contributed by atoms with E-state index >= 15 is 0 Å². The van der Waals surface area contributed by atoms with Crippen LogP contribution >= 0.6 is 0 Å². The Hall–Kier alpha value is -1.06. The molecule has 11 heavy (non-hydrogen) atoms. The summed E-state index contributed by atoms with van der Waals surface area (Å²) in [6.45, 7) is 3.80. The van der Waals surface area contributed by atoms with Crippen LogP contribution in [0, 0.1) is 11.8 Å². The number of primary amides is 2. The SMILES string of the molecule is CC(C)CC(C(N)=O)C(N)=O. The summed E-state index contributed by atoms with van der Waals surface area (Å²) in [6.07, 6.45) is 0.435. The normalized spacial score (nSPS) is 10.5. The molecule has 2 amide bonds. The van der Waals surface area contributed by atoms with Crippen LogP contribution in [0.3, 0.4) is 0 Å². The molecule has 0 aliphatic rings. The molecule has 64 valence electrons. The molecule has 0 saturated carbocycles. The van der Waals surface area contributed by atoms with Crippen LogP contribution in [-0.4, -0.2) is 11.8 Å². The van der Waals surface area contributed by atoms with Crippen molar-refractivity contribution in [3.8, 4) is 0 Å². The average molecular weight is 158 g/mol. The molecule has 0 aromatic carbocycles. The van der Waals surface area contributed by atoms with E-state index < -0.39 is 17.7 Å². The van der Waals surface area contributed by atoms with E-state index in [9.17, 15) is 9.59 Å². The fourth-order valence-corrected chi connectivity index (χ4v) is 0.844.